The summed E-state index contributed by atoms with van der Waals surface area (Å²) in [5, 5.41) is 0.690. The molecular formula is C8H5NO2S. The lowest BCUT2D eigenvalue weighted by molar-refractivity contribution is 0.125. The number of thiazole rings is 1. The van der Waals surface area contributed by atoms with Crippen molar-refractivity contribution in [2.75, 3.05) is 6.79 Å². The highest BCUT2D eigenvalue weighted by Gasteiger charge is 2.13. The highest BCUT2D eigenvalue weighted by atomic mass is 32.1. The van der Waals surface area contributed by atoms with Gasteiger partial charge in [-0.1, -0.05) is 17.4 Å². The van der Waals surface area contributed by atoms with E-state index >= 15 is 0 Å². The average Bonchev–Trinajstić information content (AvgIpc) is 2.37. The maximum atomic E-state index is 5.31. The Balaban J connectivity index is 2.47. The van der Waals surface area contributed by atoms with Crippen LogP contribution in [0.4, 0.5) is 0 Å². The minimum atomic E-state index is 0.266. The molecule has 0 aliphatic carbocycles. The third kappa shape index (κ3) is 0.726. The molecular weight excluding hydrogens is 174 g/mol. The van der Waals surface area contributed by atoms with Crippen molar-refractivity contribution in [2.24, 2.45) is 0 Å². The summed E-state index contributed by atoms with van der Waals surface area (Å²) >= 11 is 1.55. The fourth-order valence-electron chi connectivity index (χ4n) is 1.22. The highest BCUT2D eigenvalue weighted by Crippen LogP contribution is 2.35. The Morgan fingerprint density at radius 1 is 1.33 bits per heavy atom. The summed E-state index contributed by atoms with van der Waals surface area (Å²) in [4.78, 5) is 4.26. The number of hydrogen-bond acceptors (Lipinski definition) is 4. The third-order valence-electron chi connectivity index (χ3n) is 1.76. The first kappa shape index (κ1) is 6.25. The summed E-state index contributed by atoms with van der Waals surface area (Å²) < 4.78 is 11.6. The van der Waals surface area contributed by atoms with Crippen LogP contribution in [-0.2, 0) is 0 Å². The molecule has 2 heterocycles. The smallest absolute Gasteiger partial charge is 0.277 e. The predicted molar refractivity (Wildman–Crippen MR) is 45.7 cm³/mol. The number of benzene rings is 1. The molecule has 0 N–H and O–H groups in total. The van der Waals surface area contributed by atoms with Crippen LogP contribution in [0.15, 0.2) is 18.2 Å². The molecule has 12 heavy (non-hydrogen) atoms. The molecule has 0 saturated carbocycles. The number of aromatic nitrogens is 1. The third-order valence-corrected chi connectivity index (χ3v) is 2.69. The first-order valence-electron chi connectivity index (χ1n) is 3.59. The Bertz CT molecular complexity index is 438. The van der Waals surface area contributed by atoms with Crippen LogP contribution in [0.25, 0.3) is 10.2 Å². The van der Waals surface area contributed by atoms with Crippen molar-refractivity contribution in [1.29, 1.82) is 0 Å². The van der Waals surface area contributed by atoms with Gasteiger partial charge in [0.05, 0.1) is 4.70 Å². The molecule has 2 aromatic rings. The van der Waals surface area contributed by atoms with Crippen LogP contribution in [-0.4, -0.2) is 11.8 Å². The minimum Gasteiger partial charge on any atom is -0.455 e. The van der Waals surface area contributed by atoms with Gasteiger partial charge in [0.15, 0.2) is 5.75 Å². The standard InChI is InChI=1S/C8H5NO2S/c1-2-5-7-6(3-1)12-8(9-7)11-4-10-5/h1-3H,4H2. The average molecular weight is 179 g/mol. The lowest BCUT2D eigenvalue weighted by atomic mass is 10.3. The van der Waals surface area contributed by atoms with Crippen molar-refractivity contribution in [3.05, 3.63) is 18.2 Å². The molecule has 4 heteroatoms. The molecule has 0 spiro atoms. The normalized spacial score (nSPS) is 14.0. The zero-order valence-corrected chi connectivity index (χ0v) is 6.93. The van der Waals surface area contributed by atoms with Crippen molar-refractivity contribution < 1.29 is 9.47 Å². The van der Waals surface area contributed by atoms with E-state index in [4.69, 9.17) is 9.47 Å². The molecule has 3 rings (SSSR count). The highest BCUT2D eigenvalue weighted by molar-refractivity contribution is 7.20. The molecule has 0 radical (unpaired) electrons. The fourth-order valence-corrected chi connectivity index (χ4v) is 2.05. The lowest BCUT2D eigenvalue weighted by Crippen LogP contribution is -2.03. The number of fused-ring (bicyclic) bond motifs is 1. The van der Waals surface area contributed by atoms with E-state index in [0.29, 0.717) is 5.19 Å². The van der Waals surface area contributed by atoms with Crippen molar-refractivity contribution in [3.63, 3.8) is 0 Å². The largest absolute Gasteiger partial charge is 0.455 e. The summed E-state index contributed by atoms with van der Waals surface area (Å²) in [6.45, 7) is 0.266. The number of hydrogen-bond donors (Lipinski definition) is 0. The Hall–Kier alpha value is -1.29. The minimum absolute atomic E-state index is 0.266. The van der Waals surface area contributed by atoms with Crippen molar-refractivity contribution in [1.82, 2.24) is 4.98 Å². The van der Waals surface area contributed by atoms with Crippen molar-refractivity contribution in [2.45, 2.75) is 0 Å². The van der Waals surface area contributed by atoms with Gasteiger partial charge in [0.1, 0.15) is 5.52 Å². The second-order valence-corrected chi connectivity index (χ2v) is 3.48. The zero-order valence-electron chi connectivity index (χ0n) is 6.11. The van der Waals surface area contributed by atoms with Crippen LogP contribution in [0.2, 0.25) is 0 Å². The fraction of sp³-hybridized carbons (Fsp3) is 0.125. The number of para-hydroxylation sites is 1. The summed E-state index contributed by atoms with van der Waals surface area (Å²) in [7, 11) is 0. The SMILES string of the molecule is c1cc2c3nc(sc3c1)OCO2. The number of rotatable bonds is 0. The Kier molecular flexibility index (Phi) is 1.10. The van der Waals surface area contributed by atoms with E-state index in [1.54, 1.807) is 11.3 Å². The van der Waals surface area contributed by atoms with Gasteiger partial charge in [-0.05, 0) is 12.1 Å². The van der Waals surface area contributed by atoms with Crippen molar-refractivity contribution in [3.8, 4) is 10.9 Å². The molecule has 2 bridgehead atoms. The Morgan fingerprint density at radius 2 is 2.33 bits per heavy atom. The molecule has 1 aromatic carbocycles. The Morgan fingerprint density at radius 3 is 3.33 bits per heavy atom. The molecule has 3 nitrogen and oxygen atoms in total. The van der Waals surface area contributed by atoms with Crippen LogP contribution in [0, 0.1) is 0 Å². The van der Waals surface area contributed by atoms with E-state index in [2.05, 4.69) is 4.98 Å². The molecule has 0 unspecified atom stereocenters. The van der Waals surface area contributed by atoms with Crippen LogP contribution >= 0.6 is 11.3 Å². The molecule has 0 saturated heterocycles. The summed E-state index contributed by atoms with van der Waals surface area (Å²) in [6.07, 6.45) is 0. The van der Waals surface area contributed by atoms with Crippen LogP contribution in [0.5, 0.6) is 10.9 Å². The van der Waals surface area contributed by atoms with E-state index in [9.17, 15) is 0 Å². The molecule has 1 aromatic heterocycles. The first-order chi connectivity index (χ1) is 5.93. The van der Waals surface area contributed by atoms with Gasteiger partial charge >= 0.3 is 0 Å². The molecule has 60 valence electrons. The van der Waals surface area contributed by atoms with Gasteiger partial charge < -0.3 is 9.47 Å². The number of nitrogens with zero attached hydrogens (tertiary/aromatic N) is 1. The summed E-state index contributed by atoms with van der Waals surface area (Å²) in [5.74, 6) is 0.813. The topological polar surface area (TPSA) is 31.4 Å². The van der Waals surface area contributed by atoms with E-state index in [1.807, 2.05) is 18.2 Å². The van der Waals surface area contributed by atoms with Gasteiger partial charge in [-0.3, -0.25) is 0 Å². The van der Waals surface area contributed by atoms with Gasteiger partial charge in [-0.2, -0.15) is 4.98 Å². The van der Waals surface area contributed by atoms with E-state index in [1.165, 1.54) is 0 Å². The zero-order chi connectivity index (χ0) is 7.97. The van der Waals surface area contributed by atoms with Gasteiger partial charge in [0.2, 0.25) is 6.79 Å². The molecule has 1 aliphatic heterocycles. The first-order valence-corrected chi connectivity index (χ1v) is 4.40. The van der Waals surface area contributed by atoms with Gasteiger partial charge in [0, 0.05) is 0 Å². The summed E-state index contributed by atoms with van der Waals surface area (Å²) in [6, 6.07) is 5.88. The Labute approximate surface area is 72.6 Å². The molecule has 0 atom stereocenters. The van der Waals surface area contributed by atoms with Crippen LogP contribution in [0.3, 0.4) is 0 Å². The van der Waals surface area contributed by atoms with E-state index in [-0.39, 0.29) is 6.79 Å². The van der Waals surface area contributed by atoms with E-state index in [0.717, 1.165) is 16.0 Å². The maximum Gasteiger partial charge on any atom is 0.277 e. The molecule has 0 fully saturated rings. The summed E-state index contributed by atoms with van der Waals surface area (Å²) in [5.41, 5.74) is 0.912. The van der Waals surface area contributed by atoms with Crippen molar-refractivity contribution >= 4 is 21.6 Å². The quantitative estimate of drug-likeness (QED) is 0.620. The van der Waals surface area contributed by atoms with Gasteiger partial charge in [-0.15, -0.1) is 0 Å². The molecule has 1 aliphatic rings. The maximum absolute atomic E-state index is 5.31. The second-order valence-electron chi connectivity index (χ2n) is 2.49. The van der Waals surface area contributed by atoms with E-state index < -0.39 is 0 Å². The van der Waals surface area contributed by atoms with Crippen LogP contribution < -0.4 is 9.47 Å². The van der Waals surface area contributed by atoms with Gasteiger partial charge in [-0.25, -0.2) is 0 Å². The lowest BCUT2D eigenvalue weighted by Gasteiger charge is -2.04. The molecule has 0 amide bonds. The monoisotopic (exact) mass is 179 g/mol. The van der Waals surface area contributed by atoms with Crippen LogP contribution in [0.1, 0.15) is 0 Å². The predicted octanol–water partition coefficient (Wildman–Crippen LogP) is 2.02. The van der Waals surface area contributed by atoms with Gasteiger partial charge in [0.25, 0.3) is 5.19 Å². The number of ether oxygens (including phenoxy) is 2. The second kappa shape index (κ2) is 2.10.